The highest BCUT2D eigenvalue weighted by molar-refractivity contribution is 5.80. The first-order valence-corrected chi connectivity index (χ1v) is 18.6. The first-order chi connectivity index (χ1) is 25.7. The zero-order chi connectivity index (χ0) is 36.8. The second-order valence-corrected chi connectivity index (χ2v) is 14.7. The molecule has 0 saturated carbocycles. The Labute approximate surface area is 306 Å². The number of anilines is 3. The molecular formula is C38H44F2N10O3. The zero-order valence-corrected chi connectivity index (χ0v) is 30.1. The number of piperidine rings is 2. The summed E-state index contributed by atoms with van der Waals surface area (Å²) in [7, 11) is 1.78. The van der Waals surface area contributed by atoms with Crippen LogP contribution >= 0.6 is 0 Å². The number of benzene rings is 1. The van der Waals surface area contributed by atoms with Crippen molar-refractivity contribution in [3.8, 4) is 11.1 Å². The summed E-state index contributed by atoms with van der Waals surface area (Å²) in [4.78, 5) is 53.8. The number of hydrogen-bond acceptors (Lipinski definition) is 9. The van der Waals surface area contributed by atoms with Crippen LogP contribution in [0.4, 0.5) is 26.2 Å². The number of hydrogen-bond donors (Lipinski definition) is 0. The van der Waals surface area contributed by atoms with Gasteiger partial charge in [0.25, 0.3) is 6.43 Å². The lowest BCUT2D eigenvalue weighted by molar-refractivity contribution is -0.137. The Morgan fingerprint density at radius 1 is 0.925 bits per heavy atom. The normalized spacial score (nSPS) is 18.4. The van der Waals surface area contributed by atoms with Crippen LogP contribution in [-0.4, -0.2) is 96.7 Å². The number of carbonyl (C=O) groups is 3. The number of halogens is 2. The van der Waals surface area contributed by atoms with Crippen molar-refractivity contribution < 1.29 is 23.2 Å². The summed E-state index contributed by atoms with van der Waals surface area (Å²) in [5, 5.41) is 9.48. The zero-order valence-electron chi connectivity index (χ0n) is 30.1. The van der Waals surface area contributed by atoms with Crippen molar-refractivity contribution in [2.24, 2.45) is 13.0 Å². The average Bonchev–Trinajstić information content (AvgIpc) is 3.80. The molecule has 0 aliphatic carbocycles. The van der Waals surface area contributed by atoms with Gasteiger partial charge in [0, 0.05) is 112 Å². The SMILES string of the molecule is CC(=O)N1CCc2c(c(N3CCCc4cc(-c5cnn(C)c5)c(C(F)F)cc43)nn2C2CCN(C(=O)C3CCN(c4ncc(C=O)cn4)CC3)CC2)C1. The number of aryl methyl sites for hydroxylation is 2. The highest BCUT2D eigenvalue weighted by Gasteiger charge is 2.36. The van der Waals surface area contributed by atoms with Crippen LogP contribution < -0.4 is 9.80 Å². The van der Waals surface area contributed by atoms with Gasteiger partial charge in [0.1, 0.15) is 0 Å². The summed E-state index contributed by atoms with van der Waals surface area (Å²) in [5.74, 6) is 1.43. The van der Waals surface area contributed by atoms with Crippen LogP contribution in [0.5, 0.6) is 0 Å². The van der Waals surface area contributed by atoms with Crippen LogP contribution in [0.15, 0.2) is 36.9 Å². The van der Waals surface area contributed by atoms with Crippen molar-refractivity contribution in [1.29, 1.82) is 0 Å². The van der Waals surface area contributed by atoms with E-state index in [9.17, 15) is 23.2 Å². The van der Waals surface area contributed by atoms with Crippen LogP contribution in [0.2, 0.25) is 0 Å². The Morgan fingerprint density at radius 3 is 2.34 bits per heavy atom. The number of amides is 2. The van der Waals surface area contributed by atoms with Gasteiger partial charge in [-0.25, -0.2) is 18.7 Å². The van der Waals surface area contributed by atoms with Crippen LogP contribution in [0, 0.1) is 5.92 Å². The highest BCUT2D eigenvalue weighted by atomic mass is 19.3. The third-order valence-electron chi connectivity index (χ3n) is 11.4. The Morgan fingerprint density at radius 2 is 1.68 bits per heavy atom. The Bertz CT molecular complexity index is 2010. The van der Waals surface area contributed by atoms with E-state index in [1.54, 1.807) is 37.1 Å². The summed E-state index contributed by atoms with van der Waals surface area (Å²) >= 11 is 0. The predicted molar refractivity (Wildman–Crippen MR) is 193 cm³/mol. The van der Waals surface area contributed by atoms with Crippen LogP contribution in [0.1, 0.15) is 84.2 Å². The van der Waals surface area contributed by atoms with Gasteiger partial charge in [-0.2, -0.15) is 10.2 Å². The van der Waals surface area contributed by atoms with E-state index in [1.165, 1.54) is 12.4 Å². The molecule has 1 aromatic carbocycles. The molecular weight excluding hydrogens is 682 g/mol. The van der Waals surface area contributed by atoms with E-state index < -0.39 is 6.43 Å². The minimum Gasteiger partial charge on any atom is -0.342 e. The molecule has 7 heterocycles. The van der Waals surface area contributed by atoms with E-state index in [2.05, 4.69) is 29.5 Å². The van der Waals surface area contributed by atoms with Gasteiger partial charge in [-0.3, -0.25) is 23.7 Å². The van der Waals surface area contributed by atoms with Gasteiger partial charge in [-0.1, -0.05) is 0 Å². The molecule has 278 valence electrons. The number of carbonyl (C=O) groups excluding carboxylic acids is 3. The molecule has 2 amide bonds. The molecule has 15 heteroatoms. The molecule has 13 nitrogen and oxygen atoms in total. The lowest BCUT2D eigenvalue weighted by atomic mass is 9.92. The maximum Gasteiger partial charge on any atom is 0.264 e. The molecule has 53 heavy (non-hydrogen) atoms. The molecule has 4 aliphatic heterocycles. The number of aromatic nitrogens is 6. The lowest BCUT2D eigenvalue weighted by Gasteiger charge is -2.38. The summed E-state index contributed by atoms with van der Waals surface area (Å²) in [6, 6.07) is 3.60. The third kappa shape index (κ3) is 6.65. The minimum absolute atomic E-state index is 0.00419. The van der Waals surface area contributed by atoms with E-state index in [0.29, 0.717) is 87.7 Å². The first-order valence-electron chi connectivity index (χ1n) is 18.6. The van der Waals surface area contributed by atoms with E-state index >= 15 is 0 Å². The van der Waals surface area contributed by atoms with Crippen LogP contribution in [0.25, 0.3) is 11.1 Å². The molecule has 4 aromatic rings. The molecule has 4 aliphatic rings. The monoisotopic (exact) mass is 726 g/mol. The van der Waals surface area contributed by atoms with Gasteiger partial charge >= 0.3 is 0 Å². The fourth-order valence-electron chi connectivity index (χ4n) is 8.55. The summed E-state index contributed by atoms with van der Waals surface area (Å²) in [5.41, 5.74) is 5.35. The van der Waals surface area contributed by atoms with Crippen molar-refractivity contribution in [3.05, 3.63) is 64.9 Å². The standard InChI is InChI=1S/C38H44F2N10O3/c1-24(52)48-15-9-33-32(22-48)36(49-10-3-4-27-16-30(28-20-43-45(2)21-28)31(35(39)40)17-34(27)49)44-50(33)29-7-13-46(14-8-29)37(53)26-5-11-47(12-6-26)38-41-18-25(23-51)19-42-38/h16-21,23,26,29,35H,3-15,22H2,1-2H3. The molecule has 2 fully saturated rings. The minimum atomic E-state index is -2.67. The maximum atomic E-state index is 14.6. The molecule has 2 saturated heterocycles. The van der Waals surface area contributed by atoms with E-state index in [0.717, 1.165) is 60.3 Å². The number of likely N-dealkylation sites (tertiary alicyclic amines) is 1. The van der Waals surface area contributed by atoms with Crippen LogP contribution in [0.3, 0.4) is 0 Å². The number of aldehydes is 1. The van der Waals surface area contributed by atoms with Crippen molar-refractivity contribution >= 4 is 35.6 Å². The predicted octanol–water partition coefficient (Wildman–Crippen LogP) is 4.89. The van der Waals surface area contributed by atoms with Gasteiger partial charge < -0.3 is 19.6 Å². The molecule has 0 N–H and O–H groups in total. The fraction of sp³-hybridized carbons (Fsp3) is 0.500. The van der Waals surface area contributed by atoms with Gasteiger partial charge in [0.2, 0.25) is 17.8 Å². The van der Waals surface area contributed by atoms with Gasteiger partial charge in [-0.05, 0) is 61.8 Å². The van der Waals surface area contributed by atoms with Crippen LogP contribution in [-0.2, 0) is 36.0 Å². The van der Waals surface area contributed by atoms with E-state index in [-0.39, 0.29) is 29.3 Å². The van der Waals surface area contributed by atoms with Gasteiger partial charge in [-0.15, -0.1) is 0 Å². The number of fused-ring (bicyclic) bond motifs is 2. The van der Waals surface area contributed by atoms with Crippen molar-refractivity contribution in [1.82, 2.24) is 39.3 Å². The lowest BCUT2D eigenvalue weighted by Crippen LogP contribution is -2.46. The highest BCUT2D eigenvalue weighted by Crippen LogP contribution is 2.44. The van der Waals surface area contributed by atoms with E-state index in [4.69, 9.17) is 5.10 Å². The molecule has 0 atom stereocenters. The second-order valence-electron chi connectivity index (χ2n) is 14.7. The Kier molecular flexibility index (Phi) is 9.41. The summed E-state index contributed by atoms with van der Waals surface area (Å²) < 4.78 is 33.0. The van der Waals surface area contributed by atoms with Crippen molar-refractivity contribution in [2.45, 2.75) is 70.9 Å². The molecule has 3 aromatic heterocycles. The smallest absolute Gasteiger partial charge is 0.264 e. The fourth-order valence-corrected chi connectivity index (χ4v) is 8.55. The Balaban J connectivity index is 1.02. The van der Waals surface area contributed by atoms with Gasteiger partial charge in [0.05, 0.1) is 24.3 Å². The summed E-state index contributed by atoms with van der Waals surface area (Å²) in [6.45, 7) is 5.84. The van der Waals surface area contributed by atoms with Crippen molar-refractivity contribution in [3.63, 3.8) is 0 Å². The number of alkyl halides is 2. The number of rotatable bonds is 7. The molecule has 0 bridgehead atoms. The Hall–Kier alpha value is -5.21. The average molecular weight is 727 g/mol. The number of nitrogens with zero attached hydrogens (tertiary/aromatic N) is 10. The first kappa shape index (κ1) is 34.9. The summed E-state index contributed by atoms with van der Waals surface area (Å²) in [6.07, 6.45) is 9.68. The molecule has 0 radical (unpaired) electrons. The van der Waals surface area contributed by atoms with Crippen molar-refractivity contribution in [2.75, 3.05) is 49.1 Å². The molecule has 8 rings (SSSR count). The molecule has 0 unspecified atom stereocenters. The quantitative estimate of drug-likeness (QED) is 0.245. The second kappa shape index (κ2) is 14.3. The topological polar surface area (TPSA) is 126 Å². The largest absolute Gasteiger partial charge is 0.342 e. The molecule has 0 spiro atoms. The maximum absolute atomic E-state index is 14.6. The third-order valence-corrected chi connectivity index (χ3v) is 11.4. The van der Waals surface area contributed by atoms with E-state index in [1.807, 2.05) is 15.9 Å². The van der Waals surface area contributed by atoms with Gasteiger partial charge in [0.15, 0.2) is 12.1 Å².